The van der Waals surface area contributed by atoms with Gasteiger partial charge in [-0.15, -0.1) is 5.43 Å². The molecule has 10 nitrogen and oxygen atoms in total. The highest BCUT2D eigenvalue weighted by Crippen LogP contribution is 2.25. The molecule has 0 spiro atoms. The van der Waals surface area contributed by atoms with Crippen LogP contribution in [0.2, 0.25) is 0 Å². The van der Waals surface area contributed by atoms with E-state index in [9.17, 15) is 25.4 Å². The summed E-state index contributed by atoms with van der Waals surface area (Å²) in [6.07, 6.45) is -6.89. The van der Waals surface area contributed by atoms with Crippen LogP contribution in [0.15, 0.2) is 24.3 Å². The molecular weight excluding hydrogens is 300 g/mol. The molecule has 1 aromatic carbocycles. The molecule has 5 atom stereocenters. The number of hydrazine groups is 1. The van der Waals surface area contributed by atoms with Crippen LogP contribution >= 0.6 is 0 Å². The van der Waals surface area contributed by atoms with E-state index in [1.165, 1.54) is 24.3 Å². The Morgan fingerprint density at radius 3 is 2.36 bits per heavy atom. The average Bonchev–Trinajstić information content (AvgIpc) is 2.49. The maximum atomic E-state index is 10.3. The minimum absolute atomic E-state index is 0.221. The largest absolute Gasteiger partial charge is 0.462 e. The molecule has 1 heterocycles. The number of anilines is 1. The van der Waals surface area contributed by atoms with Gasteiger partial charge in [0.1, 0.15) is 35.9 Å². The van der Waals surface area contributed by atoms with Crippen molar-refractivity contribution in [3.8, 4) is 5.75 Å². The van der Waals surface area contributed by atoms with Gasteiger partial charge in [0.2, 0.25) is 6.29 Å². The predicted molar refractivity (Wildman–Crippen MR) is 71.5 cm³/mol. The Morgan fingerprint density at radius 2 is 1.82 bits per heavy atom. The van der Waals surface area contributed by atoms with Crippen molar-refractivity contribution < 1.29 is 34.9 Å². The molecule has 0 bridgehead atoms. The van der Waals surface area contributed by atoms with Crippen molar-refractivity contribution in [1.82, 2.24) is 0 Å². The summed E-state index contributed by atoms with van der Waals surface area (Å²) in [5, 5.41) is 47.7. The molecule has 10 heteroatoms. The van der Waals surface area contributed by atoms with Crippen LogP contribution in [0, 0.1) is 10.1 Å². The number of aliphatic hydroxyl groups is 4. The van der Waals surface area contributed by atoms with Gasteiger partial charge in [-0.05, 0) is 24.3 Å². The van der Waals surface area contributed by atoms with Crippen LogP contribution in [0.4, 0.5) is 5.69 Å². The van der Waals surface area contributed by atoms with E-state index in [0.717, 1.165) is 0 Å². The minimum Gasteiger partial charge on any atom is -0.462 e. The summed E-state index contributed by atoms with van der Waals surface area (Å²) < 4.78 is 10.5. The van der Waals surface area contributed by atoms with Gasteiger partial charge >= 0.3 is 0 Å². The quantitative estimate of drug-likeness (QED) is 0.321. The number of nitrogens with one attached hydrogen (secondary N) is 1. The molecule has 1 aliphatic rings. The number of benzene rings is 1. The fraction of sp³-hybridized carbons (Fsp3) is 0.500. The van der Waals surface area contributed by atoms with E-state index in [0.29, 0.717) is 0 Å². The Labute approximate surface area is 124 Å². The first-order chi connectivity index (χ1) is 10.4. The van der Waals surface area contributed by atoms with E-state index in [1.54, 1.807) is 0 Å². The van der Waals surface area contributed by atoms with E-state index >= 15 is 0 Å². The number of rotatable bonds is 5. The van der Waals surface area contributed by atoms with Crippen molar-refractivity contribution in [2.45, 2.75) is 30.7 Å². The zero-order valence-corrected chi connectivity index (χ0v) is 11.3. The van der Waals surface area contributed by atoms with Crippen molar-refractivity contribution in [3.05, 3.63) is 34.4 Å². The number of ether oxygens (including phenoxy) is 2. The summed E-state index contributed by atoms with van der Waals surface area (Å²) in [4.78, 5) is 10.3. The number of hydrogen-bond donors (Lipinski definition) is 5. The molecule has 0 unspecified atom stereocenters. The third-order valence-corrected chi connectivity index (χ3v) is 3.18. The lowest BCUT2D eigenvalue weighted by Crippen LogP contribution is -2.60. The zero-order valence-electron chi connectivity index (χ0n) is 11.3. The first kappa shape index (κ1) is 16.4. The summed E-state index contributed by atoms with van der Waals surface area (Å²) in [6.45, 7) is -0.559. The van der Waals surface area contributed by atoms with Crippen LogP contribution in [0.25, 0.3) is 0 Å². The third-order valence-electron chi connectivity index (χ3n) is 3.18. The predicted octanol–water partition coefficient (Wildman–Crippen LogP) is -1.53. The Hall–Kier alpha value is -1.98. The Morgan fingerprint density at radius 1 is 1.18 bits per heavy atom. The summed E-state index contributed by atoms with van der Waals surface area (Å²) in [5.41, 5.74) is 2.18. The Bertz CT molecular complexity index is 508. The van der Waals surface area contributed by atoms with Gasteiger partial charge in [-0.2, -0.15) is 0 Å². The highest BCUT2D eigenvalue weighted by Gasteiger charge is 2.44. The normalized spacial score (nSPS) is 31.5. The first-order valence-corrected chi connectivity index (χ1v) is 6.40. The number of hydrogen-bond acceptors (Lipinski definition) is 8. The standard InChI is InChI=1S/C12H16N2O8/c15-5-8-9(16)10(17)11(18)12(22-8)21-7-3-1-6(2-4-7)13-14(19)20/h1-4,8-13,15-18H,5H2/t8-,9-,10+,11-,12-/m1/s1. The van der Waals surface area contributed by atoms with Crippen molar-refractivity contribution in [2.75, 3.05) is 12.0 Å². The Kier molecular flexibility index (Phi) is 5.11. The molecule has 0 aliphatic carbocycles. The molecule has 1 saturated heterocycles. The topological polar surface area (TPSA) is 155 Å². The van der Waals surface area contributed by atoms with Crippen LogP contribution in [0.1, 0.15) is 0 Å². The molecule has 0 aromatic heterocycles. The molecular formula is C12H16N2O8. The van der Waals surface area contributed by atoms with Gasteiger partial charge in [-0.3, -0.25) is 0 Å². The van der Waals surface area contributed by atoms with Crippen LogP contribution in [-0.2, 0) is 4.74 Å². The van der Waals surface area contributed by atoms with Gasteiger partial charge in [0, 0.05) is 0 Å². The lowest BCUT2D eigenvalue weighted by Gasteiger charge is -2.39. The molecule has 22 heavy (non-hydrogen) atoms. The number of nitro groups is 1. The lowest BCUT2D eigenvalue weighted by atomic mass is 9.99. The van der Waals surface area contributed by atoms with Crippen molar-refractivity contribution >= 4 is 5.69 Å². The highest BCUT2D eigenvalue weighted by molar-refractivity contribution is 5.44. The number of nitrogens with zero attached hydrogens (tertiary/aromatic N) is 1. The van der Waals surface area contributed by atoms with Crippen molar-refractivity contribution in [1.29, 1.82) is 0 Å². The second-order valence-corrected chi connectivity index (χ2v) is 4.71. The molecule has 0 saturated carbocycles. The van der Waals surface area contributed by atoms with Crippen LogP contribution in [-0.4, -0.2) is 62.8 Å². The molecule has 122 valence electrons. The molecule has 0 amide bonds. The van der Waals surface area contributed by atoms with Gasteiger partial charge in [0.05, 0.1) is 6.61 Å². The minimum atomic E-state index is -1.54. The third kappa shape index (κ3) is 3.61. The van der Waals surface area contributed by atoms with Crippen LogP contribution < -0.4 is 10.2 Å². The molecule has 2 rings (SSSR count). The monoisotopic (exact) mass is 316 g/mol. The molecule has 0 radical (unpaired) electrons. The van der Waals surface area contributed by atoms with Gasteiger partial charge in [-0.25, -0.2) is 10.1 Å². The zero-order chi connectivity index (χ0) is 16.3. The molecule has 1 fully saturated rings. The fourth-order valence-electron chi connectivity index (χ4n) is 2.01. The summed E-state index contributed by atoms with van der Waals surface area (Å²) in [5.74, 6) is 0.221. The van der Waals surface area contributed by atoms with E-state index < -0.39 is 42.3 Å². The van der Waals surface area contributed by atoms with Gasteiger partial charge in [0.25, 0.3) is 0 Å². The van der Waals surface area contributed by atoms with Crippen molar-refractivity contribution in [2.24, 2.45) is 0 Å². The first-order valence-electron chi connectivity index (χ1n) is 6.40. The smallest absolute Gasteiger partial charge is 0.229 e. The number of aliphatic hydroxyl groups excluding tert-OH is 4. The van der Waals surface area contributed by atoms with Crippen molar-refractivity contribution in [3.63, 3.8) is 0 Å². The van der Waals surface area contributed by atoms with Gasteiger partial charge in [-0.1, -0.05) is 0 Å². The van der Waals surface area contributed by atoms with Crippen LogP contribution in [0.3, 0.4) is 0 Å². The fourth-order valence-corrected chi connectivity index (χ4v) is 2.01. The molecule has 5 N–H and O–H groups in total. The summed E-state index contributed by atoms with van der Waals surface area (Å²) in [6, 6.07) is 5.55. The Balaban J connectivity index is 2.04. The second-order valence-electron chi connectivity index (χ2n) is 4.71. The lowest BCUT2D eigenvalue weighted by molar-refractivity contribution is -0.445. The highest BCUT2D eigenvalue weighted by atomic mass is 16.7. The van der Waals surface area contributed by atoms with E-state index in [2.05, 4.69) is 0 Å². The van der Waals surface area contributed by atoms with Gasteiger partial charge < -0.3 is 29.9 Å². The summed E-state index contributed by atoms with van der Waals surface area (Å²) >= 11 is 0. The second kappa shape index (κ2) is 6.85. The van der Waals surface area contributed by atoms with Crippen LogP contribution in [0.5, 0.6) is 5.75 Å². The maximum absolute atomic E-state index is 10.3. The SMILES string of the molecule is O=[N+]([O-])Nc1ccc(O[C@@H]2O[C@H](CO)[C@@H](O)[C@H](O)[C@H]2O)cc1. The summed E-state index contributed by atoms with van der Waals surface area (Å²) in [7, 11) is 0. The average molecular weight is 316 g/mol. The maximum Gasteiger partial charge on any atom is 0.229 e. The molecule has 1 aromatic rings. The van der Waals surface area contributed by atoms with Gasteiger partial charge in [0.15, 0.2) is 5.03 Å². The van der Waals surface area contributed by atoms with E-state index in [4.69, 9.17) is 14.6 Å². The van der Waals surface area contributed by atoms with E-state index in [-0.39, 0.29) is 11.4 Å². The van der Waals surface area contributed by atoms with E-state index in [1.807, 2.05) is 5.43 Å². The molecule has 1 aliphatic heterocycles.